The van der Waals surface area contributed by atoms with Crippen molar-refractivity contribution in [3.05, 3.63) is 35.4 Å². The van der Waals surface area contributed by atoms with Gasteiger partial charge in [-0.15, -0.1) is 0 Å². The molecule has 0 saturated carbocycles. The van der Waals surface area contributed by atoms with Crippen LogP contribution in [-0.4, -0.2) is 6.54 Å². The summed E-state index contributed by atoms with van der Waals surface area (Å²) in [5.41, 5.74) is 3.16. The van der Waals surface area contributed by atoms with Gasteiger partial charge >= 0.3 is 0 Å². The van der Waals surface area contributed by atoms with Crippen molar-refractivity contribution in [1.82, 2.24) is 5.32 Å². The molecule has 1 heteroatoms. The van der Waals surface area contributed by atoms with Gasteiger partial charge in [-0.05, 0) is 42.9 Å². The van der Waals surface area contributed by atoms with Crippen LogP contribution < -0.4 is 5.32 Å². The standard InChI is InChI=1S/C15H23N/c1-4-13-7-5-8-14(11-13)15(12(2)3)9-6-10-16-15/h5,7-8,11-12,16H,4,6,9-10H2,1-3H3. The zero-order valence-electron chi connectivity index (χ0n) is 10.7. The minimum atomic E-state index is 0.227. The second-order valence-corrected chi connectivity index (χ2v) is 5.21. The van der Waals surface area contributed by atoms with Gasteiger partial charge in [-0.2, -0.15) is 0 Å². The Morgan fingerprint density at radius 1 is 1.38 bits per heavy atom. The fourth-order valence-corrected chi connectivity index (χ4v) is 2.91. The summed E-state index contributed by atoms with van der Waals surface area (Å²) in [7, 11) is 0. The Morgan fingerprint density at radius 3 is 2.75 bits per heavy atom. The van der Waals surface area contributed by atoms with Gasteiger partial charge in [0.2, 0.25) is 0 Å². The fourth-order valence-electron chi connectivity index (χ4n) is 2.91. The third kappa shape index (κ3) is 1.89. The van der Waals surface area contributed by atoms with E-state index in [0.29, 0.717) is 5.92 Å². The number of aryl methyl sites for hydroxylation is 1. The number of hydrogen-bond donors (Lipinski definition) is 1. The smallest absolute Gasteiger partial charge is 0.0458 e. The van der Waals surface area contributed by atoms with Crippen LogP contribution in [0, 0.1) is 5.92 Å². The molecule has 0 spiro atoms. The molecule has 1 aromatic rings. The summed E-state index contributed by atoms with van der Waals surface area (Å²) >= 11 is 0. The van der Waals surface area contributed by atoms with Crippen molar-refractivity contribution in [3.63, 3.8) is 0 Å². The Hall–Kier alpha value is -0.820. The third-order valence-corrected chi connectivity index (χ3v) is 4.02. The lowest BCUT2D eigenvalue weighted by molar-refractivity contribution is 0.277. The molecule has 1 fully saturated rings. The molecular formula is C15H23N. The molecule has 1 unspecified atom stereocenters. The van der Waals surface area contributed by atoms with Gasteiger partial charge in [-0.3, -0.25) is 0 Å². The van der Waals surface area contributed by atoms with E-state index in [-0.39, 0.29) is 5.54 Å². The molecule has 88 valence electrons. The second kappa shape index (κ2) is 4.58. The average Bonchev–Trinajstić information content (AvgIpc) is 2.79. The Bertz CT molecular complexity index is 348. The van der Waals surface area contributed by atoms with Gasteiger partial charge in [0.05, 0.1) is 0 Å². The van der Waals surface area contributed by atoms with Gasteiger partial charge in [0, 0.05) is 5.54 Å². The summed E-state index contributed by atoms with van der Waals surface area (Å²) in [5, 5.41) is 3.74. The highest BCUT2D eigenvalue weighted by Gasteiger charge is 2.37. The summed E-state index contributed by atoms with van der Waals surface area (Å²) in [6.07, 6.45) is 3.70. The fraction of sp³-hybridized carbons (Fsp3) is 0.600. The van der Waals surface area contributed by atoms with Crippen LogP contribution in [-0.2, 0) is 12.0 Å². The first kappa shape index (κ1) is 11.7. The van der Waals surface area contributed by atoms with Gasteiger partial charge in [-0.25, -0.2) is 0 Å². The molecule has 1 nitrogen and oxygen atoms in total. The predicted molar refractivity (Wildman–Crippen MR) is 69.6 cm³/mol. The van der Waals surface area contributed by atoms with E-state index in [0.717, 1.165) is 13.0 Å². The molecule has 0 aliphatic carbocycles. The maximum atomic E-state index is 3.74. The van der Waals surface area contributed by atoms with Crippen molar-refractivity contribution < 1.29 is 0 Å². The summed E-state index contributed by atoms with van der Waals surface area (Å²) in [4.78, 5) is 0. The van der Waals surface area contributed by atoms with E-state index in [1.54, 1.807) is 0 Å². The minimum Gasteiger partial charge on any atom is -0.307 e. The van der Waals surface area contributed by atoms with Gasteiger partial charge < -0.3 is 5.32 Å². The van der Waals surface area contributed by atoms with E-state index in [9.17, 15) is 0 Å². The Labute approximate surface area is 99.3 Å². The van der Waals surface area contributed by atoms with Crippen LogP contribution >= 0.6 is 0 Å². The molecule has 1 aliphatic rings. The summed E-state index contributed by atoms with van der Waals surface area (Å²) in [6, 6.07) is 9.11. The molecular weight excluding hydrogens is 194 g/mol. The first-order chi connectivity index (χ1) is 7.69. The summed E-state index contributed by atoms with van der Waals surface area (Å²) < 4.78 is 0. The first-order valence-corrected chi connectivity index (χ1v) is 6.53. The van der Waals surface area contributed by atoms with E-state index in [1.807, 2.05) is 0 Å². The predicted octanol–water partition coefficient (Wildman–Crippen LogP) is 3.48. The quantitative estimate of drug-likeness (QED) is 0.817. The lowest BCUT2D eigenvalue weighted by atomic mass is 9.78. The van der Waals surface area contributed by atoms with Crippen molar-refractivity contribution >= 4 is 0 Å². The van der Waals surface area contributed by atoms with Crippen LogP contribution in [0.3, 0.4) is 0 Å². The van der Waals surface area contributed by atoms with E-state index >= 15 is 0 Å². The highest BCUT2D eigenvalue weighted by atomic mass is 15.0. The van der Waals surface area contributed by atoms with E-state index in [2.05, 4.69) is 50.4 Å². The van der Waals surface area contributed by atoms with Crippen molar-refractivity contribution in [2.24, 2.45) is 5.92 Å². The highest BCUT2D eigenvalue weighted by molar-refractivity contribution is 5.31. The molecule has 0 radical (unpaired) electrons. The molecule has 0 bridgehead atoms. The number of hydrogen-bond acceptors (Lipinski definition) is 1. The van der Waals surface area contributed by atoms with E-state index < -0.39 is 0 Å². The summed E-state index contributed by atoms with van der Waals surface area (Å²) in [6.45, 7) is 8.05. The molecule has 0 amide bonds. The zero-order chi connectivity index (χ0) is 11.6. The van der Waals surface area contributed by atoms with Gasteiger partial charge in [0.1, 0.15) is 0 Å². The van der Waals surface area contributed by atoms with Gasteiger partial charge in [0.25, 0.3) is 0 Å². The van der Waals surface area contributed by atoms with E-state index in [4.69, 9.17) is 0 Å². The van der Waals surface area contributed by atoms with Gasteiger partial charge in [0.15, 0.2) is 0 Å². The Morgan fingerprint density at radius 2 is 2.19 bits per heavy atom. The third-order valence-electron chi connectivity index (χ3n) is 4.02. The van der Waals surface area contributed by atoms with Gasteiger partial charge in [-0.1, -0.05) is 45.0 Å². The lowest BCUT2D eigenvalue weighted by Gasteiger charge is -2.35. The van der Waals surface area contributed by atoms with Crippen LogP contribution in [0.2, 0.25) is 0 Å². The van der Waals surface area contributed by atoms with Crippen LogP contribution in [0.1, 0.15) is 44.7 Å². The summed E-state index contributed by atoms with van der Waals surface area (Å²) in [5.74, 6) is 0.655. The molecule has 1 aliphatic heterocycles. The lowest BCUT2D eigenvalue weighted by Crippen LogP contribution is -2.41. The van der Waals surface area contributed by atoms with Crippen molar-refractivity contribution in [3.8, 4) is 0 Å². The number of rotatable bonds is 3. The highest BCUT2D eigenvalue weighted by Crippen LogP contribution is 2.37. The average molecular weight is 217 g/mol. The molecule has 1 atom stereocenters. The first-order valence-electron chi connectivity index (χ1n) is 6.53. The molecule has 1 heterocycles. The Kier molecular flexibility index (Phi) is 3.34. The van der Waals surface area contributed by atoms with Crippen molar-refractivity contribution in [2.75, 3.05) is 6.54 Å². The number of nitrogens with one attached hydrogen (secondary N) is 1. The van der Waals surface area contributed by atoms with Crippen LogP contribution in [0.25, 0.3) is 0 Å². The SMILES string of the molecule is CCc1cccc(C2(C(C)C)CCCN2)c1. The molecule has 1 N–H and O–H groups in total. The van der Waals surface area contributed by atoms with Crippen LogP contribution in [0.5, 0.6) is 0 Å². The molecule has 2 rings (SSSR count). The second-order valence-electron chi connectivity index (χ2n) is 5.21. The monoisotopic (exact) mass is 217 g/mol. The zero-order valence-corrected chi connectivity index (χ0v) is 10.7. The van der Waals surface area contributed by atoms with E-state index in [1.165, 1.54) is 24.0 Å². The maximum Gasteiger partial charge on any atom is 0.0458 e. The largest absolute Gasteiger partial charge is 0.307 e. The minimum absolute atomic E-state index is 0.227. The molecule has 16 heavy (non-hydrogen) atoms. The van der Waals surface area contributed by atoms with Crippen molar-refractivity contribution in [1.29, 1.82) is 0 Å². The molecule has 0 aromatic heterocycles. The normalized spacial score (nSPS) is 25.2. The Balaban J connectivity index is 2.39. The topological polar surface area (TPSA) is 12.0 Å². The maximum absolute atomic E-state index is 3.74. The molecule has 1 saturated heterocycles. The number of benzene rings is 1. The van der Waals surface area contributed by atoms with Crippen LogP contribution in [0.4, 0.5) is 0 Å². The van der Waals surface area contributed by atoms with Crippen molar-refractivity contribution in [2.45, 2.75) is 45.6 Å². The van der Waals surface area contributed by atoms with Crippen LogP contribution in [0.15, 0.2) is 24.3 Å². The molecule has 1 aromatic carbocycles.